The molecule has 2 aromatic rings. The van der Waals surface area contributed by atoms with Crippen LogP contribution in [0.4, 0.5) is 0 Å². The predicted molar refractivity (Wildman–Crippen MR) is 221 cm³/mol. The van der Waals surface area contributed by atoms with Gasteiger partial charge in [0.1, 0.15) is 5.75 Å². The van der Waals surface area contributed by atoms with Crippen molar-refractivity contribution in [2.45, 2.75) is 110 Å². The Kier molecular flexibility index (Phi) is 11.2. The van der Waals surface area contributed by atoms with Crippen molar-refractivity contribution in [3.05, 3.63) is 76.9 Å². The first-order valence-electron chi connectivity index (χ1n) is 21.0. The molecular formula is C46H66N2O2S2. The smallest absolute Gasteiger partial charge is 0.116 e. The minimum atomic E-state index is 0.297. The maximum atomic E-state index is 11.2. The van der Waals surface area contributed by atoms with E-state index in [9.17, 15) is 10.2 Å². The van der Waals surface area contributed by atoms with Crippen molar-refractivity contribution in [2.75, 3.05) is 31.7 Å². The molecule has 4 N–H and O–H groups in total. The predicted octanol–water partition coefficient (Wildman–Crippen LogP) is 9.82. The van der Waals surface area contributed by atoms with Crippen LogP contribution in [-0.4, -0.2) is 48.0 Å². The van der Waals surface area contributed by atoms with E-state index >= 15 is 0 Å². The highest BCUT2D eigenvalue weighted by atomic mass is 33.1. The summed E-state index contributed by atoms with van der Waals surface area (Å²) < 4.78 is 0. The quantitative estimate of drug-likeness (QED) is 0.186. The third-order valence-electron chi connectivity index (χ3n) is 15.3. The van der Waals surface area contributed by atoms with Crippen LogP contribution in [0.1, 0.15) is 107 Å². The van der Waals surface area contributed by atoms with Gasteiger partial charge in [0.25, 0.3) is 0 Å². The zero-order valence-electron chi connectivity index (χ0n) is 32.3. The number of hydrogen-bond donors (Lipinski definition) is 4. The molecule has 1 aliphatic heterocycles. The molecule has 4 nitrogen and oxygen atoms in total. The first-order chi connectivity index (χ1) is 25.2. The Morgan fingerprint density at radius 3 is 2.58 bits per heavy atom. The van der Waals surface area contributed by atoms with Crippen LogP contribution in [0.3, 0.4) is 0 Å². The fourth-order valence-electron chi connectivity index (χ4n) is 13.6. The molecule has 4 saturated carbocycles. The molecule has 284 valence electrons. The number of fused-ring (bicyclic) bond motifs is 8. The Labute approximate surface area is 323 Å². The number of nitrogens with one attached hydrogen (secondary N) is 2. The van der Waals surface area contributed by atoms with Crippen LogP contribution in [0.25, 0.3) is 0 Å². The summed E-state index contributed by atoms with van der Waals surface area (Å²) in [5.41, 5.74) is 6.38. The fraction of sp³-hybridized carbons (Fsp3) is 0.696. The van der Waals surface area contributed by atoms with Crippen molar-refractivity contribution in [2.24, 2.45) is 57.7 Å². The number of aliphatic hydroxyl groups excluding tert-OH is 1. The van der Waals surface area contributed by atoms with Gasteiger partial charge in [-0.3, -0.25) is 0 Å². The van der Waals surface area contributed by atoms with Gasteiger partial charge < -0.3 is 20.8 Å². The summed E-state index contributed by atoms with van der Waals surface area (Å²) in [5, 5.41) is 29.0. The normalized spacial score (nSPS) is 40.8. The number of aromatic hydroxyl groups is 1. The maximum absolute atomic E-state index is 11.2. The van der Waals surface area contributed by atoms with Crippen molar-refractivity contribution in [3.8, 4) is 5.75 Å². The second kappa shape index (κ2) is 15.6. The SMILES string of the molecule is CNC[C@H]1C[C@@]2(C[C@@H]3[C@@H]4Cc5cc(O)cc(c5)Cc5ccccc5CN[C@@H](C)CSSC[C@H](C4)C[C@@H]3[C@]3(C=CC[C@@H](C)C3)C2)C[C@@]12CC[C@H](CO)C2. The highest BCUT2D eigenvalue weighted by molar-refractivity contribution is 8.76. The number of benzene rings is 2. The zero-order chi connectivity index (χ0) is 35.9. The Balaban J connectivity index is 1.17. The Hall–Kier alpha value is -1.44. The number of hydrogen-bond acceptors (Lipinski definition) is 6. The lowest BCUT2D eigenvalue weighted by atomic mass is 9.44. The van der Waals surface area contributed by atoms with E-state index in [-0.39, 0.29) is 0 Å². The van der Waals surface area contributed by atoms with E-state index in [1.165, 1.54) is 98.6 Å². The van der Waals surface area contributed by atoms with Crippen molar-refractivity contribution in [1.29, 1.82) is 0 Å². The van der Waals surface area contributed by atoms with Crippen LogP contribution in [0.2, 0.25) is 0 Å². The Morgan fingerprint density at radius 2 is 1.77 bits per heavy atom. The van der Waals surface area contributed by atoms with Gasteiger partial charge in [0.15, 0.2) is 0 Å². The summed E-state index contributed by atoms with van der Waals surface area (Å²) in [6, 6.07) is 15.9. The lowest BCUT2D eigenvalue weighted by molar-refractivity contribution is -0.0845. The molecule has 0 radical (unpaired) electrons. The van der Waals surface area contributed by atoms with Gasteiger partial charge in [0.2, 0.25) is 0 Å². The first kappa shape index (κ1) is 37.5. The molecule has 6 heteroatoms. The van der Waals surface area contributed by atoms with Gasteiger partial charge in [-0.05, 0) is 196 Å². The summed E-state index contributed by atoms with van der Waals surface area (Å²) in [7, 11) is 6.39. The highest BCUT2D eigenvalue weighted by Gasteiger charge is 2.63. The van der Waals surface area contributed by atoms with Crippen molar-refractivity contribution < 1.29 is 10.2 Å². The summed E-state index contributed by atoms with van der Waals surface area (Å²) >= 11 is 0. The van der Waals surface area contributed by atoms with Gasteiger partial charge in [0.05, 0.1) is 0 Å². The molecule has 0 unspecified atom stereocenters. The summed E-state index contributed by atoms with van der Waals surface area (Å²) in [4.78, 5) is 0. The molecule has 52 heavy (non-hydrogen) atoms. The van der Waals surface area contributed by atoms with Gasteiger partial charge >= 0.3 is 0 Å². The van der Waals surface area contributed by atoms with Gasteiger partial charge in [0, 0.05) is 30.7 Å². The molecule has 11 atom stereocenters. The average molecular weight is 743 g/mol. The summed E-state index contributed by atoms with van der Waals surface area (Å²) in [6.07, 6.45) is 21.9. The second-order valence-corrected chi connectivity index (χ2v) is 21.8. The van der Waals surface area contributed by atoms with Gasteiger partial charge in [-0.15, -0.1) is 0 Å². The molecule has 4 bridgehead atoms. The van der Waals surface area contributed by atoms with Crippen molar-refractivity contribution in [1.82, 2.24) is 10.6 Å². The number of aliphatic hydroxyl groups is 1. The van der Waals surface area contributed by atoms with E-state index in [0.29, 0.717) is 52.4 Å². The molecule has 6 aliphatic rings. The van der Waals surface area contributed by atoms with Crippen LogP contribution in [0.15, 0.2) is 54.6 Å². The maximum Gasteiger partial charge on any atom is 0.116 e. The van der Waals surface area contributed by atoms with E-state index in [4.69, 9.17) is 0 Å². The number of phenols is 1. The topological polar surface area (TPSA) is 64.5 Å². The van der Waals surface area contributed by atoms with Gasteiger partial charge in [-0.2, -0.15) is 0 Å². The summed E-state index contributed by atoms with van der Waals surface area (Å²) in [5.74, 6) is 7.60. The van der Waals surface area contributed by atoms with Crippen molar-refractivity contribution in [3.63, 3.8) is 0 Å². The molecular weight excluding hydrogens is 677 g/mol. The Bertz CT molecular complexity index is 1580. The zero-order valence-corrected chi connectivity index (χ0v) is 33.9. The standard InChI is InChI=1S/C46H66N2O2S2/c1-31-7-6-11-46(20-31)30-44(22-40(25-47-3)45(29-44)12-10-33(21-45)26-49)23-42-39-15-35-13-34(17-41(50)18-35)14-37-8-4-5-9-38(37)24-48-32(2)27-51-52-28-36(16-39)19-43(42)46/h4-6,8-9,11,13,17-18,31-33,36,39-40,42-43,47-50H,7,10,12,14-16,19-30H2,1-3H3/t31-,32+,33+,36-,39-,40-,42-,43+,44-,45+,46+/m1/s1. The van der Waals surface area contributed by atoms with Crippen molar-refractivity contribution >= 4 is 21.6 Å². The third kappa shape index (κ3) is 7.68. The molecule has 0 amide bonds. The molecule has 2 aromatic carbocycles. The number of phenolic OH excluding ortho intramolecular Hbond substituents is 1. The monoisotopic (exact) mass is 742 g/mol. The van der Waals surface area contributed by atoms with Gasteiger partial charge in [-0.25, -0.2) is 0 Å². The number of allylic oxidation sites excluding steroid dienone is 2. The van der Waals surface area contributed by atoms with E-state index in [2.05, 4.69) is 102 Å². The van der Waals surface area contributed by atoms with E-state index in [1.807, 2.05) is 6.07 Å². The molecule has 1 heterocycles. The largest absolute Gasteiger partial charge is 0.508 e. The minimum Gasteiger partial charge on any atom is -0.508 e. The van der Waals surface area contributed by atoms with Crippen LogP contribution in [0.5, 0.6) is 5.75 Å². The highest BCUT2D eigenvalue weighted by Crippen LogP contribution is 2.72. The number of rotatable bonds is 3. The van der Waals surface area contributed by atoms with E-state index in [1.54, 1.807) is 0 Å². The van der Waals surface area contributed by atoms with E-state index < -0.39 is 0 Å². The molecule has 4 fully saturated rings. The van der Waals surface area contributed by atoms with Crippen LogP contribution in [0, 0.1) is 57.7 Å². The summed E-state index contributed by atoms with van der Waals surface area (Å²) in [6.45, 7) is 7.24. The first-order valence-corrected chi connectivity index (χ1v) is 23.5. The minimum absolute atomic E-state index is 0.297. The Morgan fingerprint density at radius 1 is 0.942 bits per heavy atom. The van der Waals surface area contributed by atoms with Crippen LogP contribution >= 0.6 is 21.6 Å². The molecule has 3 spiro atoms. The van der Waals surface area contributed by atoms with Crippen LogP contribution in [-0.2, 0) is 19.4 Å². The molecule has 0 aromatic heterocycles. The fourth-order valence-corrected chi connectivity index (χ4v) is 16.3. The average Bonchev–Trinajstić information content (AvgIpc) is 3.65. The van der Waals surface area contributed by atoms with Crippen LogP contribution < -0.4 is 10.6 Å². The van der Waals surface area contributed by atoms with E-state index in [0.717, 1.165) is 55.4 Å². The van der Waals surface area contributed by atoms with Gasteiger partial charge in [-0.1, -0.05) is 71.0 Å². The molecule has 0 saturated heterocycles. The lowest BCUT2D eigenvalue weighted by Gasteiger charge is -2.61. The molecule has 8 rings (SSSR count). The second-order valence-electron chi connectivity index (χ2n) is 19.2. The molecule has 5 aliphatic carbocycles. The lowest BCUT2D eigenvalue weighted by Crippen LogP contribution is -2.52. The third-order valence-corrected chi connectivity index (χ3v) is 18.0.